The Kier molecular flexibility index (Phi) is 5.03. The van der Waals surface area contributed by atoms with Crippen LogP contribution < -0.4 is 4.90 Å². The van der Waals surface area contributed by atoms with E-state index in [0.717, 1.165) is 0 Å². The van der Waals surface area contributed by atoms with Crippen LogP contribution in [0.25, 0.3) is 0 Å². The maximum Gasteiger partial charge on any atom is 0.356 e. The van der Waals surface area contributed by atoms with Gasteiger partial charge in [0.2, 0.25) is 0 Å². The molecule has 0 saturated heterocycles. The van der Waals surface area contributed by atoms with Crippen LogP contribution in [-0.4, -0.2) is 46.3 Å². The van der Waals surface area contributed by atoms with E-state index in [-0.39, 0.29) is 18.2 Å². The molecule has 2 N–H and O–H groups in total. The van der Waals surface area contributed by atoms with Gasteiger partial charge < -0.3 is 15.1 Å². The quantitative estimate of drug-likeness (QED) is 0.790. The van der Waals surface area contributed by atoms with Gasteiger partial charge in [0.1, 0.15) is 5.82 Å². The second kappa shape index (κ2) is 6.30. The fourth-order valence-electron chi connectivity index (χ4n) is 1.53. The molecule has 1 heterocycles. The molecule has 0 spiro atoms. The smallest absolute Gasteiger partial charge is 0.356 e. The number of aliphatic hydroxyl groups is 1. The monoisotopic (exact) mass is 253 g/mol. The molecule has 0 aliphatic heterocycles. The molecule has 0 atom stereocenters. The van der Waals surface area contributed by atoms with Crippen LogP contribution in [0, 0.1) is 0 Å². The summed E-state index contributed by atoms with van der Waals surface area (Å²) in [6.07, 6.45) is 2.10. The van der Waals surface area contributed by atoms with Crippen molar-refractivity contribution in [1.82, 2.24) is 9.97 Å². The summed E-state index contributed by atoms with van der Waals surface area (Å²) in [6.45, 7) is 4.45. The molecule has 0 fully saturated rings. The molecule has 1 aromatic rings. The van der Waals surface area contributed by atoms with Gasteiger partial charge in [-0.1, -0.05) is 13.8 Å². The minimum atomic E-state index is -1.06. The van der Waals surface area contributed by atoms with Crippen LogP contribution in [0.1, 0.15) is 42.5 Å². The molecule has 0 aliphatic carbocycles. The van der Waals surface area contributed by atoms with Gasteiger partial charge in [-0.15, -0.1) is 0 Å². The number of nitrogens with zero attached hydrogens (tertiary/aromatic N) is 3. The zero-order chi connectivity index (χ0) is 13.7. The molecule has 18 heavy (non-hydrogen) atoms. The van der Waals surface area contributed by atoms with Crippen molar-refractivity contribution in [3.05, 3.63) is 17.7 Å². The Bertz CT molecular complexity index is 421. The Morgan fingerprint density at radius 3 is 2.67 bits per heavy atom. The number of carbonyl (C=O) groups is 1. The van der Waals surface area contributed by atoms with E-state index < -0.39 is 5.97 Å². The van der Waals surface area contributed by atoms with Gasteiger partial charge in [-0.2, -0.15) is 0 Å². The standard InChI is InChI=1S/C12H19N3O3/c1-8(2)11-13-7-9(10(14-11)12(17)18)15(3)5-4-6-16/h7-8,16H,4-6H2,1-3H3,(H,17,18). The Labute approximate surface area is 106 Å². The van der Waals surface area contributed by atoms with Crippen molar-refractivity contribution in [2.75, 3.05) is 25.1 Å². The molecule has 0 unspecified atom stereocenters. The summed E-state index contributed by atoms with van der Waals surface area (Å²) in [4.78, 5) is 21.2. The van der Waals surface area contributed by atoms with Crippen LogP contribution in [0.15, 0.2) is 6.20 Å². The summed E-state index contributed by atoms with van der Waals surface area (Å²) in [5.41, 5.74) is 0.481. The van der Waals surface area contributed by atoms with Gasteiger partial charge in [0.05, 0.1) is 11.9 Å². The second-order valence-corrected chi connectivity index (χ2v) is 4.42. The predicted octanol–water partition coefficient (Wildman–Crippen LogP) is 1.12. The molecule has 6 nitrogen and oxygen atoms in total. The molecule has 0 aromatic carbocycles. The van der Waals surface area contributed by atoms with Gasteiger partial charge in [-0.3, -0.25) is 0 Å². The van der Waals surface area contributed by atoms with Gasteiger partial charge in [0.15, 0.2) is 5.69 Å². The lowest BCUT2D eigenvalue weighted by molar-refractivity contribution is 0.0690. The minimum Gasteiger partial charge on any atom is -0.476 e. The zero-order valence-corrected chi connectivity index (χ0v) is 10.9. The van der Waals surface area contributed by atoms with Crippen LogP contribution in [0.3, 0.4) is 0 Å². The van der Waals surface area contributed by atoms with Crippen molar-refractivity contribution in [2.45, 2.75) is 26.2 Å². The topological polar surface area (TPSA) is 86.5 Å². The SMILES string of the molecule is CC(C)c1ncc(N(C)CCCO)c(C(=O)O)n1. The second-order valence-electron chi connectivity index (χ2n) is 4.42. The van der Waals surface area contributed by atoms with Crippen LogP contribution in [0.2, 0.25) is 0 Å². The lowest BCUT2D eigenvalue weighted by Gasteiger charge is -2.20. The fourth-order valence-corrected chi connectivity index (χ4v) is 1.53. The van der Waals surface area contributed by atoms with E-state index in [4.69, 9.17) is 5.11 Å². The third-order valence-corrected chi connectivity index (χ3v) is 2.57. The lowest BCUT2D eigenvalue weighted by Crippen LogP contribution is -2.23. The summed E-state index contributed by atoms with van der Waals surface area (Å²) in [5, 5.41) is 18.0. The summed E-state index contributed by atoms with van der Waals surface area (Å²) < 4.78 is 0. The maximum absolute atomic E-state index is 11.2. The first-order valence-electron chi connectivity index (χ1n) is 5.89. The highest BCUT2D eigenvalue weighted by molar-refractivity contribution is 5.91. The average Bonchev–Trinajstić information content (AvgIpc) is 2.34. The van der Waals surface area contributed by atoms with E-state index in [1.54, 1.807) is 11.9 Å². The molecular weight excluding hydrogens is 234 g/mol. The highest BCUT2D eigenvalue weighted by Gasteiger charge is 2.18. The van der Waals surface area contributed by atoms with E-state index >= 15 is 0 Å². The van der Waals surface area contributed by atoms with E-state index in [2.05, 4.69) is 9.97 Å². The Morgan fingerprint density at radius 1 is 1.50 bits per heavy atom. The predicted molar refractivity (Wildman–Crippen MR) is 68.1 cm³/mol. The molecule has 0 amide bonds. The Balaban J connectivity index is 3.07. The van der Waals surface area contributed by atoms with Crippen molar-refractivity contribution in [3.8, 4) is 0 Å². The Morgan fingerprint density at radius 2 is 2.17 bits per heavy atom. The zero-order valence-electron chi connectivity index (χ0n) is 10.9. The van der Waals surface area contributed by atoms with Crippen molar-refractivity contribution in [3.63, 3.8) is 0 Å². The number of carboxylic acids is 1. The number of hydrogen-bond acceptors (Lipinski definition) is 5. The molecule has 1 aromatic heterocycles. The highest BCUT2D eigenvalue weighted by atomic mass is 16.4. The average molecular weight is 253 g/mol. The third-order valence-electron chi connectivity index (χ3n) is 2.57. The number of anilines is 1. The van der Waals surface area contributed by atoms with E-state index in [1.807, 2.05) is 13.8 Å². The molecule has 0 saturated carbocycles. The van der Waals surface area contributed by atoms with Crippen LogP contribution in [0.5, 0.6) is 0 Å². The first kappa shape index (κ1) is 14.4. The fraction of sp³-hybridized carbons (Fsp3) is 0.583. The van der Waals surface area contributed by atoms with Crippen molar-refractivity contribution < 1.29 is 15.0 Å². The van der Waals surface area contributed by atoms with Gasteiger partial charge in [0, 0.05) is 26.1 Å². The summed E-state index contributed by atoms with van der Waals surface area (Å²) in [6, 6.07) is 0. The molecule has 100 valence electrons. The number of hydrogen-bond donors (Lipinski definition) is 2. The van der Waals surface area contributed by atoms with Crippen molar-refractivity contribution in [1.29, 1.82) is 0 Å². The summed E-state index contributed by atoms with van der Waals surface area (Å²) in [7, 11) is 1.76. The molecule has 0 bridgehead atoms. The number of aromatic nitrogens is 2. The maximum atomic E-state index is 11.2. The van der Waals surface area contributed by atoms with Gasteiger partial charge in [-0.05, 0) is 6.42 Å². The van der Waals surface area contributed by atoms with Crippen LogP contribution in [0.4, 0.5) is 5.69 Å². The first-order valence-corrected chi connectivity index (χ1v) is 5.89. The lowest BCUT2D eigenvalue weighted by atomic mass is 10.2. The van der Waals surface area contributed by atoms with E-state index in [9.17, 15) is 9.90 Å². The largest absolute Gasteiger partial charge is 0.476 e. The van der Waals surface area contributed by atoms with Gasteiger partial charge >= 0.3 is 5.97 Å². The van der Waals surface area contributed by atoms with Crippen molar-refractivity contribution in [2.24, 2.45) is 0 Å². The summed E-state index contributed by atoms with van der Waals surface area (Å²) >= 11 is 0. The molecule has 6 heteroatoms. The van der Waals surface area contributed by atoms with Crippen LogP contribution in [-0.2, 0) is 0 Å². The van der Waals surface area contributed by atoms with Crippen LogP contribution >= 0.6 is 0 Å². The van der Waals surface area contributed by atoms with E-state index in [1.165, 1.54) is 6.20 Å². The summed E-state index contributed by atoms with van der Waals surface area (Å²) in [5.74, 6) is -0.461. The number of aliphatic hydroxyl groups excluding tert-OH is 1. The number of aromatic carboxylic acids is 1. The molecule has 0 aliphatic rings. The number of carboxylic acid groups (broad SMARTS) is 1. The normalized spacial score (nSPS) is 10.7. The molecule has 1 rings (SSSR count). The number of rotatable bonds is 6. The van der Waals surface area contributed by atoms with E-state index in [0.29, 0.717) is 24.5 Å². The molecule has 0 radical (unpaired) electrons. The minimum absolute atomic E-state index is 0.00846. The third kappa shape index (κ3) is 3.40. The van der Waals surface area contributed by atoms with Gasteiger partial charge in [0.25, 0.3) is 0 Å². The first-order chi connectivity index (χ1) is 8.47. The highest BCUT2D eigenvalue weighted by Crippen LogP contribution is 2.19. The van der Waals surface area contributed by atoms with Gasteiger partial charge in [-0.25, -0.2) is 14.8 Å². The Hall–Kier alpha value is -1.69. The molecular formula is C12H19N3O3. The van der Waals surface area contributed by atoms with Crippen molar-refractivity contribution >= 4 is 11.7 Å².